The van der Waals surface area contributed by atoms with Gasteiger partial charge in [-0.05, 0) is 36.4 Å². The van der Waals surface area contributed by atoms with Crippen molar-refractivity contribution in [2.45, 2.75) is 11.3 Å². The fourth-order valence-corrected chi connectivity index (χ4v) is 2.91. The number of amides is 1. The van der Waals surface area contributed by atoms with E-state index in [1.54, 1.807) is 30.1 Å². The number of fused-ring (bicyclic) bond motifs is 1. The molecule has 1 heterocycles. The topological polar surface area (TPSA) is 57.8 Å². The quantitative estimate of drug-likeness (QED) is 0.704. The molecule has 0 aliphatic heterocycles. The molecule has 0 saturated carbocycles. The number of H-pyrrole nitrogens is 1. The number of thioether (sulfide) groups is 1. The lowest BCUT2D eigenvalue weighted by Gasteiger charge is -2.05. The smallest absolute Gasteiger partial charge is 0.225 e. The molecule has 3 aromatic rings. The maximum Gasteiger partial charge on any atom is 0.225 e. The summed E-state index contributed by atoms with van der Waals surface area (Å²) in [4.78, 5) is 12.9. The Balaban J connectivity index is 1.49. The van der Waals surface area contributed by atoms with Crippen molar-refractivity contribution in [1.29, 1.82) is 0 Å². The molecule has 0 unspecified atom stereocenters. The fourth-order valence-electron chi connectivity index (χ4n) is 2.02. The number of carbonyl (C=O) groups excluding carboxylic acids is 1. The summed E-state index contributed by atoms with van der Waals surface area (Å²) in [5, 5.41) is 10.7. The van der Waals surface area contributed by atoms with Gasteiger partial charge >= 0.3 is 0 Å². The molecule has 0 spiro atoms. The molecule has 112 valence electrons. The van der Waals surface area contributed by atoms with Gasteiger partial charge in [-0.25, -0.2) is 4.39 Å². The lowest BCUT2D eigenvalue weighted by atomic mass is 10.3. The highest BCUT2D eigenvalue weighted by Gasteiger charge is 2.04. The van der Waals surface area contributed by atoms with E-state index in [9.17, 15) is 9.18 Å². The predicted molar refractivity (Wildman–Crippen MR) is 86.5 cm³/mol. The summed E-state index contributed by atoms with van der Waals surface area (Å²) >= 11 is 1.61. The number of aromatic nitrogens is 2. The van der Waals surface area contributed by atoms with E-state index in [1.165, 1.54) is 12.1 Å². The Hall–Kier alpha value is -2.34. The van der Waals surface area contributed by atoms with Crippen molar-refractivity contribution in [2.24, 2.45) is 0 Å². The lowest BCUT2D eigenvalue weighted by molar-refractivity contribution is -0.115. The summed E-state index contributed by atoms with van der Waals surface area (Å²) in [6.07, 6.45) is 2.17. The van der Waals surface area contributed by atoms with Gasteiger partial charge in [0.1, 0.15) is 5.82 Å². The third kappa shape index (κ3) is 3.65. The number of nitrogens with zero attached hydrogens (tertiary/aromatic N) is 1. The summed E-state index contributed by atoms with van der Waals surface area (Å²) < 4.78 is 12.8. The highest BCUT2D eigenvalue weighted by Crippen LogP contribution is 2.23. The first-order valence-corrected chi connectivity index (χ1v) is 7.80. The highest BCUT2D eigenvalue weighted by molar-refractivity contribution is 7.99. The summed E-state index contributed by atoms with van der Waals surface area (Å²) in [6.45, 7) is 0. The minimum atomic E-state index is -0.317. The number of hydrogen-bond acceptors (Lipinski definition) is 3. The standard InChI is InChI=1S/C16H14FN3OS/c17-12-2-4-13(5-3-12)19-16(21)7-8-22-14-6-1-11-10-18-20-15(11)9-14/h1-6,9-10H,7-8H2,(H,18,20)(H,19,21). The maximum absolute atomic E-state index is 12.8. The van der Waals surface area contributed by atoms with Gasteiger partial charge in [-0.2, -0.15) is 5.10 Å². The van der Waals surface area contributed by atoms with E-state index in [4.69, 9.17) is 0 Å². The van der Waals surface area contributed by atoms with Crippen LogP contribution >= 0.6 is 11.8 Å². The van der Waals surface area contributed by atoms with Crippen molar-refractivity contribution >= 4 is 34.3 Å². The average Bonchev–Trinajstić information content (AvgIpc) is 2.97. The van der Waals surface area contributed by atoms with Crippen LogP contribution in [0.3, 0.4) is 0 Å². The van der Waals surface area contributed by atoms with Gasteiger partial charge in [-0.3, -0.25) is 9.89 Å². The van der Waals surface area contributed by atoms with Crippen LogP contribution < -0.4 is 5.32 Å². The number of nitrogens with one attached hydrogen (secondary N) is 2. The molecule has 0 fully saturated rings. The molecule has 6 heteroatoms. The molecule has 0 radical (unpaired) electrons. The fraction of sp³-hybridized carbons (Fsp3) is 0.125. The Bertz CT molecular complexity index is 785. The normalized spacial score (nSPS) is 10.8. The van der Waals surface area contributed by atoms with Crippen molar-refractivity contribution in [2.75, 3.05) is 11.1 Å². The molecular formula is C16H14FN3OS. The van der Waals surface area contributed by atoms with Gasteiger partial charge in [0, 0.05) is 28.1 Å². The first-order valence-electron chi connectivity index (χ1n) is 6.82. The van der Waals surface area contributed by atoms with Crippen molar-refractivity contribution in [3.8, 4) is 0 Å². The molecule has 22 heavy (non-hydrogen) atoms. The SMILES string of the molecule is O=C(CCSc1ccc2cn[nH]c2c1)Nc1ccc(F)cc1. The number of rotatable bonds is 5. The van der Waals surface area contributed by atoms with Crippen molar-refractivity contribution in [1.82, 2.24) is 10.2 Å². The Labute approximate surface area is 131 Å². The second kappa shape index (κ2) is 6.62. The number of benzene rings is 2. The van der Waals surface area contributed by atoms with Gasteiger partial charge in [0.25, 0.3) is 0 Å². The van der Waals surface area contributed by atoms with Crippen LogP contribution in [0.2, 0.25) is 0 Å². The van der Waals surface area contributed by atoms with E-state index in [2.05, 4.69) is 15.5 Å². The van der Waals surface area contributed by atoms with Crippen molar-refractivity contribution in [3.05, 3.63) is 54.5 Å². The van der Waals surface area contributed by atoms with E-state index in [-0.39, 0.29) is 11.7 Å². The van der Waals surface area contributed by atoms with E-state index in [0.29, 0.717) is 17.9 Å². The predicted octanol–water partition coefficient (Wildman–Crippen LogP) is 3.82. The third-order valence-corrected chi connectivity index (χ3v) is 4.13. The zero-order valence-electron chi connectivity index (χ0n) is 11.7. The summed E-state index contributed by atoms with van der Waals surface area (Å²) in [7, 11) is 0. The van der Waals surface area contributed by atoms with Crippen LogP contribution in [0.15, 0.2) is 53.6 Å². The van der Waals surface area contributed by atoms with Crippen LogP contribution in [0.1, 0.15) is 6.42 Å². The Morgan fingerprint density at radius 3 is 2.86 bits per heavy atom. The van der Waals surface area contributed by atoms with Crippen molar-refractivity contribution < 1.29 is 9.18 Å². The first kappa shape index (κ1) is 14.6. The number of halogens is 1. The minimum absolute atomic E-state index is 0.0817. The molecule has 0 atom stereocenters. The summed E-state index contributed by atoms with van der Waals surface area (Å²) in [5.41, 5.74) is 1.59. The van der Waals surface area contributed by atoms with E-state index in [1.807, 2.05) is 18.2 Å². The summed E-state index contributed by atoms with van der Waals surface area (Å²) in [5.74, 6) is 0.275. The maximum atomic E-state index is 12.8. The Kier molecular flexibility index (Phi) is 4.39. The van der Waals surface area contributed by atoms with Gasteiger partial charge in [0.15, 0.2) is 0 Å². The second-order valence-electron chi connectivity index (χ2n) is 4.77. The average molecular weight is 315 g/mol. The van der Waals surface area contributed by atoms with Crippen LogP contribution in [-0.4, -0.2) is 21.9 Å². The zero-order valence-corrected chi connectivity index (χ0v) is 12.5. The van der Waals surface area contributed by atoms with E-state index >= 15 is 0 Å². The number of aromatic amines is 1. The molecule has 2 N–H and O–H groups in total. The molecule has 0 saturated heterocycles. The van der Waals surface area contributed by atoms with Crippen molar-refractivity contribution in [3.63, 3.8) is 0 Å². The molecule has 1 amide bonds. The second-order valence-corrected chi connectivity index (χ2v) is 5.94. The molecule has 2 aromatic carbocycles. The highest BCUT2D eigenvalue weighted by atomic mass is 32.2. The molecular weight excluding hydrogens is 301 g/mol. The molecule has 4 nitrogen and oxygen atoms in total. The molecule has 0 aliphatic rings. The zero-order chi connectivity index (χ0) is 15.4. The van der Waals surface area contributed by atoms with Gasteiger partial charge in [-0.15, -0.1) is 11.8 Å². The molecule has 0 bridgehead atoms. The molecule has 0 aliphatic carbocycles. The summed E-state index contributed by atoms with van der Waals surface area (Å²) in [6, 6.07) is 11.8. The van der Waals surface area contributed by atoms with Gasteiger partial charge in [0.05, 0.1) is 11.7 Å². The monoisotopic (exact) mass is 315 g/mol. The molecule has 3 rings (SSSR count). The van der Waals surface area contributed by atoms with E-state index in [0.717, 1.165) is 15.8 Å². The van der Waals surface area contributed by atoms with Crippen LogP contribution in [0.4, 0.5) is 10.1 Å². The van der Waals surface area contributed by atoms with Gasteiger partial charge in [-0.1, -0.05) is 6.07 Å². The number of hydrogen-bond donors (Lipinski definition) is 2. The van der Waals surface area contributed by atoms with Crippen LogP contribution in [-0.2, 0) is 4.79 Å². The Morgan fingerprint density at radius 1 is 1.23 bits per heavy atom. The van der Waals surface area contributed by atoms with Crippen LogP contribution in [0, 0.1) is 5.82 Å². The molecule has 1 aromatic heterocycles. The van der Waals surface area contributed by atoms with Gasteiger partial charge in [0.2, 0.25) is 5.91 Å². The van der Waals surface area contributed by atoms with Crippen LogP contribution in [0.25, 0.3) is 10.9 Å². The Morgan fingerprint density at radius 2 is 2.05 bits per heavy atom. The first-order chi connectivity index (χ1) is 10.7. The third-order valence-electron chi connectivity index (χ3n) is 3.14. The minimum Gasteiger partial charge on any atom is -0.326 e. The largest absolute Gasteiger partial charge is 0.326 e. The van der Waals surface area contributed by atoms with Gasteiger partial charge < -0.3 is 5.32 Å². The van der Waals surface area contributed by atoms with E-state index < -0.39 is 0 Å². The number of carbonyl (C=O) groups is 1. The van der Waals surface area contributed by atoms with Crippen LogP contribution in [0.5, 0.6) is 0 Å². The number of anilines is 1. The lowest BCUT2D eigenvalue weighted by Crippen LogP contribution is -2.12.